The van der Waals surface area contributed by atoms with Gasteiger partial charge in [-0.15, -0.1) is 0 Å². The van der Waals surface area contributed by atoms with Crippen molar-refractivity contribution in [1.82, 2.24) is 5.43 Å². The van der Waals surface area contributed by atoms with E-state index in [0.717, 1.165) is 10.8 Å². The van der Waals surface area contributed by atoms with E-state index in [1.165, 1.54) is 19.4 Å². The van der Waals surface area contributed by atoms with Crippen molar-refractivity contribution in [2.45, 2.75) is 0 Å². The van der Waals surface area contributed by atoms with Gasteiger partial charge in [-0.1, -0.05) is 36.4 Å². The molecule has 0 fully saturated rings. The number of amides is 1. The summed E-state index contributed by atoms with van der Waals surface area (Å²) in [6.07, 6.45) is 1.43. The van der Waals surface area contributed by atoms with Gasteiger partial charge in [-0.3, -0.25) is 4.79 Å². The van der Waals surface area contributed by atoms with Gasteiger partial charge >= 0.3 is 0 Å². The van der Waals surface area contributed by atoms with Crippen LogP contribution in [0, 0.1) is 0 Å². The number of phenols is 1. The van der Waals surface area contributed by atoms with Crippen LogP contribution < -0.4 is 14.9 Å². The number of fused-ring (bicyclic) bond motifs is 1. The molecule has 0 saturated heterocycles. The minimum atomic E-state index is -0.382. The zero-order valence-electron chi connectivity index (χ0n) is 14.2. The minimum Gasteiger partial charge on any atom is -0.504 e. The van der Waals surface area contributed by atoms with E-state index in [4.69, 9.17) is 9.47 Å². The fourth-order valence-corrected chi connectivity index (χ4v) is 2.46. The number of nitrogens with zero attached hydrogens (tertiary/aromatic N) is 1. The Morgan fingerprint density at radius 2 is 1.92 bits per heavy atom. The third kappa shape index (κ3) is 4.10. The van der Waals surface area contributed by atoms with Gasteiger partial charge in [0.1, 0.15) is 5.75 Å². The molecular formula is C20H18N2O4. The highest BCUT2D eigenvalue weighted by molar-refractivity contribution is 5.89. The maximum atomic E-state index is 11.9. The largest absolute Gasteiger partial charge is 0.504 e. The fraction of sp³-hybridized carbons (Fsp3) is 0.100. The number of carbonyl (C=O) groups is 1. The van der Waals surface area contributed by atoms with Crippen molar-refractivity contribution in [3.8, 4) is 17.2 Å². The third-order valence-corrected chi connectivity index (χ3v) is 3.71. The number of hydrogen-bond acceptors (Lipinski definition) is 5. The molecule has 2 N–H and O–H groups in total. The molecule has 0 bridgehead atoms. The zero-order chi connectivity index (χ0) is 18.4. The van der Waals surface area contributed by atoms with Crippen LogP contribution in [0.15, 0.2) is 65.8 Å². The van der Waals surface area contributed by atoms with E-state index in [-0.39, 0.29) is 18.3 Å². The molecule has 3 aromatic carbocycles. The number of benzene rings is 3. The molecule has 0 radical (unpaired) electrons. The van der Waals surface area contributed by atoms with Crippen molar-refractivity contribution < 1.29 is 19.4 Å². The summed E-state index contributed by atoms with van der Waals surface area (Å²) in [5.41, 5.74) is 3.01. The first-order valence-corrected chi connectivity index (χ1v) is 7.97. The number of phenolic OH excluding ortho intramolecular Hbond substituents is 1. The van der Waals surface area contributed by atoms with Crippen molar-refractivity contribution in [2.24, 2.45) is 5.10 Å². The summed E-state index contributed by atoms with van der Waals surface area (Å²) in [6, 6.07) is 18.3. The van der Waals surface area contributed by atoms with Gasteiger partial charge in [0.25, 0.3) is 5.91 Å². The Kier molecular flexibility index (Phi) is 5.34. The van der Waals surface area contributed by atoms with Crippen LogP contribution in [0.2, 0.25) is 0 Å². The number of aromatic hydroxyl groups is 1. The molecule has 3 rings (SSSR count). The smallest absolute Gasteiger partial charge is 0.277 e. The molecule has 0 spiro atoms. The molecule has 0 aliphatic carbocycles. The molecule has 0 atom stereocenters. The standard InChI is InChI=1S/C20H18N2O4/c1-25-19-10-9-14(11-17(19)23)12-21-22-20(24)13-26-18-8-4-6-15-5-2-3-7-16(15)18/h2-12,23H,13H2,1H3,(H,22,24). The van der Waals surface area contributed by atoms with Crippen LogP contribution >= 0.6 is 0 Å². The second kappa shape index (κ2) is 8.02. The Bertz CT molecular complexity index is 948. The lowest BCUT2D eigenvalue weighted by Gasteiger charge is -2.08. The van der Waals surface area contributed by atoms with E-state index in [1.807, 2.05) is 42.5 Å². The highest BCUT2D eigenvalue weighted by Gasteiger charge is 2.05. The molecular weight excluding hydrogens is 332 g/mol. The van der Waals surface area contributed by atoms with E-state index in [0.29, 0.717) is 17.1 Å². The van der Waals surface area contributed by atoms with E-state index in [1.54, 1.807) is 12.1 Å². The molecule has 0 unspecified atom stereocenters. The molecule has 1 amide bonds. The molecule has 6 nitrogen and oxygen atoms in total. The van der Waals surface area contributed by atoms with Crippen LogP contribution in [0.3, 0.4) is 0 Å². The number of hydrazone groups is 1. The van der Waals surface area contributed by atoms with Crippen LogP contribution in [0.5, 0.6) is 17.2 Å². The molecule has 26 heavy (non-hydrogen) atoms. The molecule has 132 valence electrons. The van der Waals surface area contributed by atoms with Crippen molar-refractivity contribution in [1.29, 1.82) is 0 Å². The van der Waals surface area contributed by atoms with E-state index in [9.17, 15) is 9.90 Å². The number of hydrogen-bond donors (Lipinski definition) is 2. The highest BCUT2D eigenvalue weighted by atomic mass is 16.5. The van der Waals surface area contributed by atoms with Crippen molar-refractivity contribution in [3.05, 3.63) is 66.2 Å². The van der Waals surface area contributed by atoms with Gasteiger partial charge in [0.2, 0.25) is 0 Å². The predicted molar refractivity (Wildman–Crippen MR) is 99.8 cm³/mol. The normalized spacial score (nSPS) is 10.8. The lowest BCUT2D eigenvalue weighted by atomic mass is 10.1. The van der Waals surface area contributed by atoms with E-state index < -0.39 is 0 Å². The first-order chi connectivity index (χ1) is 12.7. The van der Waals surface area contributed by atoms with Gasteiger partial charge in [0, 0.05) is 5.39 Å². The lowest BCUT2D eigenvalue weighted by molar-refractivity contribution is -0.123. The van der Waals surface area contributed by atoms with E-state index >= 15 is 0 Å². The van der Waals surface area contributed by atoms with Crippen LogP contribution in [0.25, 0.3) is 10.8 Å². The fourth-order valence-electron chi connectivity index (χ4n) is 2.46. The lowest BCUT2D eigenvalue weighted by Crippen LogP contribution is -2.24. The van der Waals surface area contributed by atoms with Crippen molar-refractivity contribution in [2.75, 3.05) is 13.7 Å². The van der Waals surface area contributed by atoms with Gasteiger partial charge < -0.3 is 14.6 Å². The van der Waals surface area contributed by atoms with Gasteiger partial charge in [0.15, 0.2) is 18.1 Å². The topological polar surface area (TPSA) is 80.2 Å². The number of nitrogens with one attached hydrogen (secondary N) is 1. The van der Waals surface area contributed by atoms with Gasteiger partial charge in [-0.25, -0.2) is 5.43 Å². The van der Waals surface area contributed by atoms with Crippen molar-refractivity contribution in [3.63, 3.8) is 0 Å². The second-order valence-corrected chi connectivity index (χ2v) is 5.49. The molecule has 0 aromatic heterocycles. The summed E-state index contributed by atoms with van der Waals surface area (Å²) >= 11 is 0. The Hall–Kier alpha value is -3.54. The monoisotopic (exact) mass is 350 g/mol. The average Bonchev–Trinajstić information content (AvgIpc) is 2.66. The Balaban J connectivity index is 1.56. The van der Waals surface area contributed by atoms with E-state index in [2.05, 4.69) is 10.5 Å². The minimum absolute atomic E-state index is 0.00191. The Labute approximate surface area is 150 Å². The number of rotatable bonds is 6. The maximum Gasteiger partial charge on any atom is 0.277 e. The SMILES string of the molecule is COc1ccc(C=NNC(=O)COc2cccc3ccccc23)cc1O. The van der Waals surface area contributed by atoms with Crippen LogP contribution in [0.4, 0.5) is 0 Å². The predicted octanol–water partition coefficient (Wildman–Crippen LogP) is 3.08. The number of methoxy groups -OCH3 is 1. The Morgan fingerprint density at radius 3 is 2.73 bits per heavy atom. The van der Waals surface area contributed by atoms with Gasteiger partial charge in [-0.05, 0) is 35.2 Å². The van der Waals surface area contributed by atoms with Gasteiger partial charge in [-0.2, -0.15) is 5.10 Å². The molecule has 6 heteroatoms. The molecule has 3 aromatic rings. The summed E-state index contributed by atoms with van der Waals surface area (Å²) in [7, 11) is 1.47. The molecule has 0 aliphatic rings. The Morgan fingerprint density at radius 1 is 1.12 bits per heavy atom. The first-order valence-electron chi connectivity index (χ1n) is 7.97. The van der Waals surface area contributed by atoms with Crippen molar-refractivity contribution >= 4 is 22.9 Å². The molecule has 0 heterocycles. The maximum absolute atomic E-state index is 11.9. The average molecular weight is 350 g/mol. The highest BCUT2D eigenvalue weighted by Crippen LogP contribution is 2.26. The van der Waals surface area contributed by atoms with Crippen LogP contribution in [-0.2, 0) is 4.79 Å². The summed E-state index contributed by atoms with van der Waals surface area (Å²) < 4.78 is 10.6. The first kappa shape index (κ1) is 17.3. The van der Waals surface area contributed by atoms with Crippen LogP contribution in [0.1, 0.15) is 5.56 Å². The third-order valence-electron chi connectivity index (χ3n) is 3.71. The van der Waals surface area contributed by atoms with Gasteiger partial charge in [0.05, 0.1) is 13.3 Å². The second-order valence-electron chi connectivity index (χ2n) is 5.49. The number of carbonyl (C=O) groups excluding carboxylic acids is 1. The number of ether oxygens (including phenoxy) is 2. The zero-order valence-corrected chi connectivity index (χ0v) is 14.2. The quantitative estimate of drug-likeness (QED) is 0.529. The summed E-state index contributed by atoms with van der Waals surface area (Å²) in [4.78, 5) is 11.9. The molecule has 0 aliphatic heterocycles. The summed E-state index contributed by atoms with van der Waals surface area (Å²) in [5, 5.41) is 15.5. The summed E-state index contributed by atoms with van der Waals surface area (Å²) in [6.45, 7) is -0.154. The summed E-state index contributed by atoms with van der Waals surface area (Å²) in [5.74, 6) is 0.631. The van der Waals surface area contributed by atoms with Crippen LogP contribution in [-0.4, -0.2) is 30.9 Å². The molecule has 0 saturated carbocycles.